The lowest BCUT2D eigenvalue weighted by Gasteiger charge is -2.29. The van der Waals surface area contributed by atoms with Gasteiger partial charge < -0.3 is 15.5 Å². The highest BCUT2D eigenvalue weighted by Gasteiger charge is 2.43. The third-order valence-corrected chi connectivity index (χ3v) is 7.45. The second-order valence-electron chi connectivity index (χ2n) is 8.06. The molecule has 4 rings (SSSR count). The highest BCUT2D eigenvalue weighted by molar-refractivity contribution is 7.99. The largest absolute Gasteiger partial charge is 0.340 e. The molecule has 0 bridgehead atoms. The number of carbonyl (C=O) groups excluding carboxylic acids is 2. The van der Waals surface area contributed by atoms with Crippen molar-refractivity contribution in [1.82, 2.24) is 9.80 Å². The maximum Gasteiger partial charge on any atom is 0.246 e. The van der Waals surface area contributed by atoms with Crippen LogP contribution in [0, 0.1) is 11.8 Å². The fourth-order valence-electron chi connectivity index (χ4n) is 4.85. The fourth-order valence-corrected chi connectivity index (χ4v) is 6.01. The number of amides is 2. The van der Waals surface area contributed by atoms with Crippen molar-refractivity contribution in [3.8, 4) is 0 Å². The third kappa shape index (κ3) is 3.74. The molecule has 0 aromatic heterocycles. The summed E-state index contributed by atoms with van der Waals surface area (Å²) in [4.78, 5) is 30.0. The minimum absolute atomic E-state index is 0.114. The monoisotopic (exact) mass is 387 g/mol. The van der Waals surface area contributed by atoms with Crippen LogP contribution in [0.1, 0.15) is 37.2 Å². The molecule has 6 heteroatoms. The Balaban J connectivity index is 1.46. The highest BCUT2D eigenvalue weighted by Crippen LogP contribution is 2.35. The van der Waals surface area contributed by atoms with E-state index in [9.17, 15) is 9.59 Å². The molecule has 5 nitrogen and oxygen atoms in total. The van der Waals surface area contributed by atoms with E-state index in [1.165, 1.54) is 5.56 Å². The van der Waals surface area contributed by atoms with E-state index in [1.54, 1.807) is 11.8 Å². The van der Waals surface area contributed by atoms with Gasteiger partial charge in [-0.3, -0.25) is 9.59 Å². The number of carbonyl (C=O) groups is 2. The summed E-state index contributed by atoms with van der Waals surface area (Å²) in [6, 6.07) is 10.1. The molecule has 1 aliphatic carbocycles. The molecule has 2 N–H and O–H groups in total. The lowest BCUT2D eigenvalue weighted by molar-refractivity contribution is -0.145. The van der Waals surface area contributed by atoms with E-state index in [2.05, 4.69) is 12.1 Å². The Kier molecular flexibility index (Phi) is 5.74. The molecule has 3 atom stereocenters. The molecule has 1 aromatic carbocycles. The number of hydrogen-bond donors (Lipinski definition) is 1. The van der Waals surface area contributed by atoms with Crippen LogP contribution in [0.2, 0.25) is 0 Å². The molecule has 1 saturated carbocycles. The molecule has 27 heavy (non-hydrogen) atoms. The van der Waals surface area contributed by atoms with Gasteiger partial charge in [0.25, 0.3) is 0 Å². The molecule has 146 valence electrons. The molecule has 1 unspecified atom stereocenters. The average Bonchev–Trinajstić information content (AvgIpc) is 3.47. The van der Waals surface area contributed by atoms with Gasteiger partial charge in [0.1, 0.15) is 6.04 Å². The number of hydrogen-bond acceptors (Lipinski definition) is 4. The Morgan fingerprint density at radius 1 is 1.07 bits per heavy atom. The van der Waals surface area contributed by atoms with Crippen molar-refractivity contribution < 1.29 is 9.59 Å². The lowest BCUT2D eigenvalue weighted by atomic mass is 9.89. The Labute approximate surface area is 165 Å². The Hall–Kier alpha value is -1.53. The van der Waals surface area contributed by atoms with Crippen LogP contribution in [0.3, 0.4) is 0 Å². The van der Waals surface area contributed by atoms with Gasteiger partial charge in [-0.15, -0.1) is 11.8 Å². The van der Waals surface area contributed by atoms with Crippen molar-refractivity contribution in [3.63, 3.8) is 0 Å². The molecule has 1 aromatic rings. The van der Waals surface area contributed by atoms with Gasteiger partial charge in [0.2, 0.25) is 11.8 Å². The lowest BCUT2D eigenvalue weighted by Crippen LogP contribution is -2.49. The van der Waals surface area contributed by atoms with Crippen molar-refractivity contribution in [1.29, 1.82) is 0 Å². The second kappa shape index (κ2) is 8.23. The average molecular weight is 388 g/mol. The number of thioether (sulfide) groups is 1. The first-order valence-electron chi connectivity index (χ1n) is 10.1. The van der Waals surface area contributed by atoms with Gasteiger partial charge in [-0.05, 0) is 30.9 Å². The standard InChI is InChI=1S/C21H29N3O2S/c22-10-17-11-23(12-18(17)15-6-2-1-3-7-15)21(26)19-13-27-14-24(19)20(25)16-8-4-5-9-16/h1-3,6-7,16-19H,4-5,8-14,22H2/t17-,18+,19?/m1/s1. The van der Waals surface area contributed by atoms with Crippen LogP contribution < -0.4 is 5.73 Å². The van der Waals surface area contributed by atoms with Gasteiger partial charge in [0.15, 0.2) is 0 Å². The minimum atomic E-state index is -0.295. The van der Waals surface area contributed by atoms with Gasteiger partial charge in [-0.1, -0.05) is 43.2 Å². The summed E-state index contributed by atoms with van der Waals surface area (Å²) >= 11 is 1.70. The topological polar surface area (TPSA) is 66.6 Å². The van der Waals surface area contributed by atoms with Crippen LogP contribution in [0.4, 0.5) is 0 Å². The van der Waals surface area contributed by atoms with Gasteiger partial charge in [-0.2, -0.15) is 0 Å². The number of rotatable bonds is 4. The summed E-state index contributed by atoms with van der Waals surface area (Å²) in [6.45, 7) is 1.98. The van der Waals surface area contributed by atoms with E-state index in [4.69, 9.17) is 5.73 Å². The Morgan fingerprint density at radius 2 is 1.81 bits per heavy atom. The van der Waals surface area contributed by atoms with Crippen molar-refractivity contribution in [2.24, 2.45) is 17.6 Å². The molecule has 2 amide bonds. The van der Waals surface area contributed by atoms with E-state index in [1.807, 2.05) is 28.0 Å². The summed E-state index contributed by atoms with van der Waals surface area (Å²) in [6.07, 6.45) is 4.24. The maximum atomic E-state index is 13.3. The molecular weight excluding hydrogens is 358 g/mol. The normalized spacial score (nSPS) is 28.9. The summed E-state index contributed by atoms with van der Waals surface area (Å²) in [5.74, 6) is 2.39. The fraction of sp³-hybridized carbons (Fsp3) is 0.619. The van der Waals surface area contributed by atoms with Gasteiger partial charge in [0.05, 0.1) is 5.88 Å². The van der Waals surface area contributed by atoms with Gasteiger partial charge in [0, 0.05) is 30.7 Å². The van der Waals surface area contributed by atoms with E-state index < -0.39 is 0 Å². The summed E-state index contributed by atoms with van der Waals surface area (Å²) in [7, 11) is 0. The maximum absolute atomic E-state index is 13.3. The molecule has 0 spiro atoms. The first-order valence-corrected chi connectivity index (χ1v) is 11.3. The van der Waals surface area contributed by atoms with E-state index in [0.29, 0.717) is 25.5 Å². The zero-order chi connectivity index (χ0) is 18.8. The predicted molar refractivity (Wildman–Crippen MR) is 108 cm³/mol. The zero-order valence-corrected chi connectivity index (χ0v) is 16.6. The third-order valence-electron chi connectivity index (χ3n) is 6.44. The first-order chi connectivity index (χ1) is 13.2. The molecule has 3 fully saturated rings. The molecule has 3 aliphatic rings. The van der Waals surface area contributed by atoms with Crippen LogP contribution in [0.5, 0.6) is 0 Å². The number of nitrogens with two attached hydrogens (primary N) is 1. The smallest absolute Gasteiger partial charge is 0.246 e. The molecule has 0 radical (unpaired) electrons. The SMILES string of the molecule is NC[C@@H]1CN(C(=O)C2CSCN2C(=O)C2CCCC2)C[C@H]1c1ccccc1. The summed E-state index contributed by atoms with van der Waals surface area (Å²) < 4.78 is 0. The molecule has 2 saturated heterocycles. The van der Waals surface area contributed by atoms with Crippen LogP contribution in [-0.4, -0.2) is 58.9 Å². The van der Waals surface area contributed by atoms with Gasteiger partial charge >= 0.3 is 0 Å². The van der Waals surface area contributed by atoms with Crippen molar-refractivity contribution >= 4 is 23.6 Å². The van der Waals surface area contributed by atoms with E-state index in [-0.39, 0.29) is 35.6 Å². The number of nitrogens with zero attached hydrogens (tertiary/aromatic N) is 2. The van der Waals surface area contributed by atoms with Crippen LogP contribution in [0.15, 0.2) is 30.3 Å². The molecular formula is C21H29N3O2S. The van der Waals surface area contributed by atoms with Gasteiger partial charge in [-0.25, -0.2) is 0 Å². The van der Waals surface area contributed by atoms with E-state index in [0.717, 1.165) is 31.4 Å². The number of likely N-dealkylation sites (tertiary alicyclic amines) is 1. The van der Waals surface area contributed by atoms with E-state index >= 15 is 0 Å². The van der Waals surface area contributed by atoms with Crippen molar-refractivity contribution in [2.45, 2.75) is 37.6 Å². The second-order valence-corrected chi connectivity index (χ2v) is 9.06. The van der Waals surface area contributed by atoms with Crippen LogP contribution >= 0.6 is 11.8 Å². The zero-order valence-electron chi connectivity index (χ0n) is 15.8. The number of benzene rings is 1. The summed E-state index contributed by atoms with van der Waals surface area (Å²) in [5, 5.41) is 0. The molecule has 2 aliphatic heterocycles. The Morgan fingerprint density at radius 3 is 2.52 bits per heavy atom. The predicted octanol–water partition coefficient (Wildman–Crippen LogP) is 2.28. The van der Waals surface area contributed by atoms with Crippen LogP contribution in [-0.2, 0) is 9.59 Å². The quantitative estimate of drug-likeness (QED) is 0.861. The van der Waals surface area contributed by atoms with Crippen LogP contribution in [0.25, 0.3) is 0 Å². The van der Waals surface area contributed by atoms with Crippen molar-refractivity contribution in [3.05, 3.63) is 35.9 Å². The first kappa shape index (κ1) is 18.8. The molecule has 2 heterocycles. The minimum Gasteiger partial charge on any atom is -0.340 e. The summed E-state index contributed by atoms with van der Waals surface area (Å²) in [5.41, 5.74) is 7.28. The van der Waals surface area contributed by atoms with Crippen molar-refractivity contribution in [2.75, 3.05) is 31.3 Å². The Bertz CT molecular complexity index is 677. The highest BCUT2D eigenvalue weighted by atomic mass is 32.2.